The van der Waals surface area contributed by atoms with Crippen LogP contribution in [0.5, 0.6) is 0 Å². The molecule has 0 atom stereocenters. The van der Waals surface area contributed by atoms with Crippen LogP contribution in [-0.4, -0.2) is 33.9 Å². The Labute approximate surface area is 123 Å². The monoisotopic (exact) mass is 288 g/mol. The number of hydrogen-bond donors (Lipinski definition) is 2. The second-order valence-corrected chi connectivity index (χ2v) is 4.77. The third kappa shape index (κ3) is 3.05. The number of likely N-dealkylation sites (N-methyl/N-ethyl adjacent to an activating group) is 1. The molecule has 0 aliphatic carbocycles. The molecule has 1 heterocycles. The van der Waals surface area contributed by atoms with Crippen LogP contribution in [0.3, 0.4) is 0 Å². The Morgan fingerprint density at radius 3 is 2.57 bits per heavy atom. The summed E-state index contributed by atoms with van der Waals surface area (Å²) in [6.45, 7) is 4.31. The second-order valence-electron chi connectivity index (χ2n) is 4.77. The molecule has 0 fully saturated rings. The van der Waals surface area contributed by atoms with Crippen molar-refractivity contribution in [3.8, 4) is 5.69 Å². The SMILES string of the molecule is CCN(CC(N)=O)c1c(CO)c(C)nn1-c1ccccc1. The van der Waals surface area contributed by atoms with E-state index < -0.39 is 5.91 Å². The van der Waals surface area contributed by atoms with Gasteiger partial charge in [0.05, 0.1) is 24.5 Å². The van der Waals surface area contributed by atoms with Crippen molar-refractivity contribution in [2.45, 2.75) is 20.5 Å². The number of aromatic nitrogens is 2. The number of carbonyl (C=O) groups excluding carboxylic acids is 1. The van der Waals surface area contributed by atoms with Crippen molar-refractivity contribution >= 4 is 11.7 Å². The molecular formula is C15H20N4O2. The quantitative estimate of drug-likeness (QED) is 0.830. The van der Waals surface area contributed by atoms with Crippen LogP contribution in [0.1, 0.15) is 18.2 Å². The maximum Gasteiger partial charge on any atom is 0.236 e. The van der Waals surface area contributed by atoms with E-state index in [1.165, 1.54) is 0 Å². The standard InChI is InChI=1S/C15H20N4O2/c1-3-18(9-14(16)21)15-13(10-20)11(2)17-19(15)12-7-5-4-6-8-12/h4-8,20H,3,9-10H2,1-2H3,(H2,16,21). The minimum absolute atomic E-state index is 0.0848. The van der Waals surface area contributed by atoms with Crippen molar-refractivity contribution < 1.29 is 9.90 Å². The average molecular weight is 288 g/mol. The van der Waals surface area contributed by atoms with E-state index in [-0.39, 0.29) is 13.2 Å². The Hall–Kier alpha value is -2.34. The fourth-order valence-corrected chi connectivity index (χ4v) is 2.33. The molecule has 0 saturated heterocycles. The molecule has 3 N–H and O–H groups in total. The van der Waals surface area contributed by atoms with Crippen LogP contribution >= 0.6 is 0 Å². The highest BCUT2D eigenvalue weighted by atomic mass is 16.3. The highest BCUT2D eigenvalue weighted by Crippen LogP contribution is 2.27. The third-order valence-corrected chi connectivity index (χ3v) is 3.34. The lowest BCUT2D eigenvalue weighted by Crippen LogP contribution is -2.35. The van der Waals surface area contributed by atoms with E-state index in [1.807, 2.05) is 49.1 Å². The van der Waals surface area contributed by atoms with Gasteiger partial charge in [-0.1, -0.05) is 18.2 Å². The molecule has 0 unspecified atom stereocenters. The first-order valence-electron chi connectivity index (χ1n) is 6.86. The number of hydrogen-bond acceptors (Lipinski definition) is 4. The van der Waals surface area contributed by atoms with E-state index in [9.17, 15) is 9.90 Å². The lowest BCUT2D eigenvalue weighted by atomic mass is 10.2. The number of nitrogens with two attached hydrogens (primary N) is 1. The normalized spacial score (nSPS) is 10.6. The molecule has 0 saturated carbocycles. The summed E-state index contributed by atoms with van der Waals surface area (Å²) in [5, 5.41) is 14.1. The number of benzene rings is 1. The summed E-state index contributed by atoms with van der Waals surface area (Å²) in [5.41, 5.74) is 7.64. The number of aryl methyl sites for hydroxylation is 1. The van der Waals surface area contributed by atoms with Crippen molar-refractivity contribution in [2.24, 2.45) is 5.73 Å². The molecule has 2 rings (SSSR count). The van der Waals surface area contributed by atoms with E-state index >= 15 is 0 Å². The minimum Gasteiger partial charge on any atom is -0.391 e. The van der Waals surface area contributed by atoms with E-state index in [0.29, 0.717) is 17.9 Å². The van der Waals surface area contributed by atoms with Crippen LogP contribution in [0.2, 0.25) is 0 Å². The molecule has 0 aliphatic rings. The highest BCUT2D eigenvalue weighted by Gasteiger charge is 2.21. The Balaban J connectivity index is 2.58. The van der Waals surface area contributed by atoms with E-state index in [2.05, 4.69) is 5.10 Å². The number of amides is 1. The lowest BCUT2D eigenvalue weighted by Gasteiger charge is -2.23. The summed E-state index contributed by atoms with van der Waals surface area (Å²) < 4.78 is 1.74. The van der Waals surface area contributed by atoms with Gasteiger partial charge in [-0.15, -0.1) is 0 Å². The fraction of sp³-hybridized carbons (Fsp3) is 0.333. The van der Waals surface area contributed by atoms with Gasteiger partial charge in [0.2, 0.25) is 5.91 Å². The lowest BCUT2D eigenvalue weighted by molar-refractivity contribution is -0.116. The zero-order valence-electron chi connectivity index (χ0n) is 12.3. The molecule has 1 amide bonds. The number of anilines is 1. The van der Waals surface area contributed by atoms with Gasteiger partial charge in [-0.2, -0.15) is 5.10 Å². The number of carbonyl (C=O) groups is 1. The van der Waals surface area contributed by atoms with Gasteiger partial charge in [0.1, 0.15) is 5.82 Å². The van der Waals surface area contributed by atoms with Crippen LogP contribution < -0.4 is 10.6 Å². The van der Waals surface area contributed by atoms with Gasteiger partial charge < -0.3 is 15.7 Å². The van der Waals surface area contributed by atoms with E-state index in [0.717, 1.165) is 11.4 Å². The molecule has 0 radical (unpaired) electrons. The van der Waals surface area contributed by atoms with Crippen LogP contribution in [-0.2, 0) is 11.4 Å². The Kier molecular flexibility index (Phi) is 4.59. The summed E-state index contributed by atoms with van der Waals surface area (Å²) >= 11 is 0. The number of aliphatic hydroxyl groups excluding tert-OH is 1. The van der Waals surface area contributed by atoms with Gasteiger partial charge in [-0.25, -0.2) is 4.68 Å². The first-order valence-corrected chi connectivity index (χ1v) is 6.86. The highest BCUT2D eigenvalue weighted by molar-refractivity contribution is 5.79. The van der Waals surface area contributed by atoms with E-state index in [4.69, 9.17) is 5.73 Å². The van der Waals surface area contributed by atoms with Gasteiger partial charge in [0.25, 0.3) is 0 Å². The van der Waals surface area contributed by atoms with Crippen molar-refractivity contribution in [2.75, 3.05) is 18.0 Å². The van der Waals surface area contributed by atoms with Gasteiger partial charge in [-0.05, 0) is 26.0 Å². The van der Waals surface area contributed by atoms with Gasteiger partial charge in [0.15, 0.2) is 0 Å². The van der Waals surface area contributed by atoms with Gasteiger partial charge in [0, 0.05) is 12.1 Å². The molecular weight excluding hydrogens is 268 g/mol. The molecule has 0 aliphatic heterocycles. The topological polar surface area (TPSA) is 84.4 Å². The predicted molar refractivity (Wildman–Crippen MR) is 81.3 cm³/mol. The number of nitrogens with zero attached hydrogens (tertiary/aromatic N) is 3. The minimum atomic E-state index is -0.417. The summed E-state index contributed by atoms with van der Waals surface area (Å²) in [6.07, 6.45) is 0. The smallest absolute Gasteiger partial charge is 0.236 e. The molecule has 6 heteroatoms. The van der Waals surface area contributed by atoms with Crippen molar-refractivity contribution in [3.63, 3.8) is 0 Å². The average Bonchev–Trinajstić information content (AvgIpc) is 2.82. The van der Waals surface area contributed by atoms with Crippen LogP contribution in [0.4, 0.5) is 5.82 Å². The largest absolute Gasteiger partial charge is 0.391 e. The maximum absolute atomic E-state index is 11.3. The Bertz CT molecular complexity index is 622. The first-order chi connectivity index (χ1) is 10.1. The first kappa shape index (κ1) is 15.1. The summed E-state index contributed by atoms with van der Waals surface area (Å²) in [4.78, 5) is 13.1. The van der Waals surface area contributed by atoms with Crippen molar-refractivity contribution in [1.29, 1.82) is 0 Å². The fourth-order valence-electron chi connectivity index (χ4n) is 2.33. The molecule has 0 bridgehead atoms. The molecule has 1 aromatic carbocycles. The van der Waals surface area contributed by atoms with Gasteiger partial charge in [-0.3, -0.25) is 4.79 Å². The third-order valence-electron chi connectivity index (χ3n) is 3.34. The molecule has 21 heavy (non-hydrogen) atoms. The molecule has 0 spiro atoms. The number of rotatable bonds is 6. The second kappa shape index (κ2) is 6.41. The number of aliphatic hydroxyl groups is 1. The van der Waals surface area contributed by atoms with Crippen molar-refractivity contribution in [1.82, 2.24) is 9.78 Å². The Morgan fingerprint density at radius 2 is 2.05 bits per heavy atom. The van der Waals surface area contributed by atoms with Crippen molar-refractivity contribution in [3.05, 3.63) is 41.6 Å². The zero-order valence-corrected chi connectivity index (χ0v) is 12.3. The number of primary amides is 1. The summed E-state index contributed by atoms with van der Waals surface area (Å²) in [5.74, 6) is 0.293. The van der Waals surface area contributed by atoms with Crippen LogP contribution in [0, 0.1) is 6.92 Å². The van der Waals surface area contributed by atoms with Crippen LogP contribution in [0.15, 0.2) is 30.3 Å². The summed E-state index contributed by atoms with van der Waals surface area (Å²) in [7, 11) is 0. The molecule has 6 nitrogen and oxygen atoms in total. The van der Waals surface area contributed by atoms with Crippen LogP contribution in [0.25, 0.3) is 5.69 Å². The molecule has 1 aromatic heterocycles. The van der Waals surface area contributed by atoms with E-state index in [1.54, 1.807) is 4.68 Å². The number of para-hydroxylation sites is 1. The molecule has 2 aromatic rings. The van der Waals surface area contributed by atoms with Gasteiger partial charge >= 0.3 is 0 Å². The maximum atomic E-state index is 11.3. The summed E-state index contributed by atoms with van der Waals surface area (Å²) in [6, 6.07) is 9.61. The Morgan fingerprint density at radius 1 is 1.38 bits per heavy atom. The molecule has 112 valence electrons. The predicted octanol–water partition coefficient (Wildman–Crippen LogP) is 0.985. The zero-order chi connectivity index (χ0) is 15.4.